The normalized spacial score (nSPS) is 11.5. The predicted octanol–water partition coefficient (Wildman–Crippen LogP) is 3.12. The van der Waals surface area contributed by atoms with Crippen LogP contribution < -0.4 is 10.3 Å². The predicted molar refractivity (Wildman–Crippen MR) is 95.9 cm³/mol. The lowest BCUT2D eigenvalue weighted by Crippen LogP contribution is -2.15. The lowest BCUT2D eigenvalue weighted by Gasteiger charge is -2.12. The number of hydrogen-bond acceptors (Lipinski definition) is 6. The van der Waals surface area contributed by atoms with Crippen molar-refractivity contribution in [1.82, 2.24) is 0 Å². The summed E-state index contributed by atoms with van der Waals surface area (Å²) in [6.45, 7) is 3.20. The third-order valence-corrected chi connectivity index (χ3v) is 5.48. The maximum Gasteiger partial charge on any atom is 0.336 e. The van der Waals surface area contributed by atoms with E-state index >= 15 is 0 Å². The summed E-state index contributed by atoms with van der Waals surface area (Å²) in [5, 5.41) is 11.6. The highest BCUT2D eigenvalue weighted by atomic mass is 32.2. The minimum atomic E-state index is -4.05. The highest BCUT2D eigenvalue weighted by Gasteiger charge is 2.22. The van der Waals surface area contributed by atoms with Crippen LogP contribution in [0.3, 0.4) is 0 Å². The van der Waals surface area contributed by atoms with Crippen molar-refractivity contribution in [3.05, 3.63) is 74.1 Å². The molecular formula is C17H14N2O6S. The molecule has 0 fully saturated rings. The van der Waals surface area contributed by atoms with E-state index in [0.717, 1.165) is 6.07 Å². The SMILES string of the molecule is Cc1cc([N+](=O)[O-])cc(S(=O)(=O)Nc2ccc3oc(=O)ccc3c2)c1C. The van der Waals surface area contributed by atoms with Gasteiger partial charge < -0.3 is 4.42 Å². The van der Waals surface area contributed by atoms with E-state index in [4.69, 9.17) is 4.42 Å². The average Bonchev–Trinajstić information content (AvgIpc) is 2.56. The molecule has 0 amide bonds. The van der Waals surface area contributed by atoms with Gasteiger partial charge in [0.2, 0.25) is 0 Å². The number of nitro groups is 1. The summed E-state index contributed by atoms with van der Waals surface area (Å²) >= 11 is 0. The summed E-state index contributed by atoms with van der Waals surface area (Å²) in [4.78, 5) is 21.4. The van der Waals surface area contributed by atoms with E-state index in [1.807, 2.05) is 0 Å². The fraction of sp³-hybridized carbons (Fsp3) is 0.118. The standard InChI is InChI=1S/C17H14N2O6S/c1-10-7-14(19(21)22)9-16(11(10)2)26(23,24)18-13-4-5-15-12(8-13)3-6-17(20)25-15/h3-9,18H,1-2H3. The number of anilines is 1. The Kier molecular flexibility index (Phi) is 4.25. The maximum absolute atomic E-state index is 12.7. The van der Waals surface area contributed by atoms with Crippen molar-refractivity contribution in [2.45, 2.75) is 18.7 Å². The van der Waals surface area contributed by atoms with Gasteiger partial charge in [-0.05, 0) is 49.2 Å². The molecule has 134 valence electrons. The van der Waals surface area contributed by atoms with Crippen molar-refractivity contribution < 1.29 is 17.8 Å². The first-order valence-corrected chi connectivity index (χ1v) is 8.98. The average molecular weight is 374 g/mol. The zero-order valence-corrected chi connectivity index (χ0v) is 14.7. The van der Waals surface area contributed by atoms with Crippen LogP contribution in [0.15, 0.2) is 56.6 Å². The first-order valence-electron chi connectivity index (χ1n) is 7.50. The lowest BCUT2D eigenvalue weighted by atomic mass is 10.1. The van der Waals surface area contributed by atoms with Crippen molar-refractivity contribution in [2.75, 3.05) is 4.72 Å². The Morgan fingerprint density at radius 1 is 1.08 bits per heavy atom. The monoisotopic (exact) mass is 374 g/mol. The van der Waals surface area contributed by atoms with E-state index in [2.05, 4.69) is 4.72 Å². The number of fused-ring (bicyclic) bond motifs is 1. The molecule has 0 spiro atoms. The third kappa shape index (κ3) is 3.29. The van der Waals surface area contributed by atoms with Crippen molar-refractivity contribution in [2.24, 2.45) is 0 Å². The Bertz CT molecular complexity index is 1200. The molecule has 0 unspecified atom stereocenters. The Morgan fingerprint density at radius 2 is 1.81 bits per heavy atom. The van der Waals surface area contributed by atoms with Crippen LogP contribution in [0.2, 0.25) is 0 Å². The van der Waals surface area contributed by atoms with Crippen LogP contribution in [-0.2, 0) is 10.0 Å². The third-order valence-electron chi connectivity index (χ3n) is 3.98. The summed E-state index contributed by atoms with van der Waals surface area (Å²) in [5.41, 5.74) is 0.690. The van der Waals surface area contributed by atoms with E-state index in [1.165, 1.54) is 36.4 Å². The zero-order valence-electron chi connectivity index (χ0n) is 13.8. The summed E-state index contributed by atoms with van der Waals surface area (Å²) in [7, 11) is -4.05. The van der Waals surface area contributed by atoms with Crippen molar-refractivity contribution >= 4 is 32.4 Å². The van der Waals surface area contributed by atoms with Crippen LogP contribution in [0, 0.1) is 24.0 Å². The second-order valence-electron chi connectivity index (χ2n) is 5.76. The quantitative estimate of drug-likeness (QED) is 0.426. The van der Waals surface area contributed by atoms with E-state index in [0.29, 0.717) is 22.1 Å². The molecular weight excluding hydrogens is 360 g/mol. The van der Waals surface area contributed by atoms with Crippen LogP contribution in [0.5, 0.6) is 0 Å². The fourth-order valence-corrected chi connectivity index (χ4v) is 3.93. The molecule has 9 heteroatoms. The molecule has 0 radical (unpaired) electrons. The number of nitrogens with one attached hydrogen (secondary N) is 1. The number of sulfonamides is 1. The lowest BCUT2D eigenvalue weighted by molar-refractivity contribution is -0.385. The molecule has 1 aromatic heterocycles. The molecule has 0 aliphatic heterocycles. The van der Waals surface area contributed by atoms with Gasteiger partial charge in [-0.25, -0.2) is 13.2 Å². The molecule has 0 aliphatic carbocycles. The second kappa shape index (κ2) is 6.26. The van der Waals surface area contributed by atoms with E-state index in [-0.39, 0.29) is 16.3 Å². The van der Waals surface area contributed by atoms with Gasteiger partial charge in [0, 0.05) is 29.3 Å². The van der Waals surface area contributed by atoms with Gasteiger partial charge in [-0.3, -0.25) is 14.8 Å². The van der Waals surface area contributed by atoms with Gasteiger partial charge in [-0.15, -0.1) is 0 Å². The molecule has 8 nitrogen and oxygen atoms in total. The van der Waals surface area contributed by atoms with Crippen LogP contribution in [0.1, 0.15) is 11.1 Å². The highest BCUT2D eigenvalue weighted by molar-refractivity contribution is 7.92. The molecule has 3 aromatic rings. The number of benzene rings is 2. The minimum absolute atomic E-state index is 0.163. The first-order chi connectivity index (χ1) is 12.2. The van der Waals surface area contributed by atoms with Crippen LogP contribution in [0.4, 0.5) is 11.4 Å². The first kappa shape index (κ1) is 17.6. The summed E-state index contributed by atoms with van der Waals surface area (Å²) in [6.07, 6.45) is 0. The van der Waals surface area contributed by atoms with Gasteiger partial charge in [0.25, 0.3) is 15.7 Å². The highest BCUT2D eigenvalue weighted by Crippen LogP contribution is 2.27. The number of nitro benzene ring substituents is 1. The summed E-state index contributed by atoms with van der Waals surface area (Å²) in [5.74, 6) is 0. The van der Waals surface area contributed by atoms with Crippen LogP contribution in [0.25, 0.3) is 11.0 Å². The molecule has 3 rings (SSSR count). The van der Waals surface area contributed by atoms with Crippen LogP contribution in [-0.4, -0.2) is 13.3 Å². The topological polar surface area (TPSA) is 120 Å². The van der Waals surface area contributed by atoms with Gasteiger partial charge >= 0.3 is 5.63 Å². The van der Waals surface area contributed by atoms with Gasteiger partial charge in [0.05, 0.1) is 9.82 Å². The number of nitrogens with zero attached hydrogens (tertiary/aromatic N) is 1. The van der Waals surface area contributed by atoms with Gasteiger partial charge in [-0.2, -0.15) is 0 Å². The van der Waals surface area contributed by atoms with Gasteiger partial charge in [0.15, 0.2) is 0 Å². The van der Waals surface area contributed by atoms with E-state index in [1.54, 1.807) is 13.8 Å². The number of hydrogen-bond donors (Lipinski definition) is 1. The smallest absolute Gasteiger partial charge is 0.336 e. The largest absolute Gasteiger partial charge is 0.423 e. The van der Waals surface area contributed by atoms with Crippen LogP contribution >= 0.6 is 0 Å². The summed E-state index contributed by atoms with van der Waals surface area (Å²) in [6, 6.07) is 9.53. The molecule has 26 heavy (non-hydrogen) atoms. The second-order valence-corrected chi connectivity index (χ2v) is 7.41. The molecule has 0 saturated heterocycles. The Balaban J connectivity index is 2.05. The molecule has 1 heterocycles. The van der Waals surface area contributed by atoms with E-state index in [9.17, 15) is 23.3 Å². The number of aryl methyl sites for hydroxylation is 1. The van der Waals surface area contributed by atoms with Gasteiger partial charge in [0.1, 0.15) is 5.58 Å². The maximum atomic E-state index is 12.7. The Hall–Kier alpha value is -3.20. The minimum Gasteiger partial charge on any atom is -0.423 e. The molecule has 0 saturated carbocycles. The fourth-order valence-electron chi connectivity index (χ4n) is 2.54. The summed E-state index contributed by atoms with van der Waals surface area (Å²) < 4.78 is 32.9. The van der Waals surface area contributed by atoms with Crippen molar-refractivity contribution in [3.8, 4) is 0 Å². The van der Waals surface area contributed by atoms with Crippen molar-refractivity contribution in [3.63, 3.8) is 0 Å². The molecule has 0 bridgehead atoms. The van der Waals surface area contributed by atoms with Crippen molar-refractivity contribution in [1.29, 1.82) is 0 Å². The Labute approximate surface area is 148 Å². The van der Waals surface area contributed by atoms with Gasteiger partial charge in [-0.1, -0.05) is 0 Å². The number of rotatable bonds is 4. The molecule has 0 aliphatic rings. The molecule has 0 atom stereocenters. The zero-order chi connectivity index (χ0) is 19.1. The molecule has 1 N–H and O–H groups in total. The Morgan fingerprint density at radius 3 is 2.50 bits per heavy atom. The molecule has 2 aromatic carbocycles. The number of non-ortho nitro benzene ring substituents is 1. The van der Waals surface area contributed by atoms with E-state index < -0.39 is 20.6 Å².